The molecule has 0 rings (SSSR count). The van der Waals surface area contributed by atoms with Crippen molar-refractivity contribution >= 4 is 11.9 Å². The Morgan fingerprint density at radius 3 is 2.55 bits per heavy atom. The van der Waals surface area contributed by atoms with E-state index in [4.69, 9.17) is 0 Å². The molecule has 0 aromatic rings. The van der Waals surface area contributed by atoms with Gasteiger partial charge < -0.3 is 10.1 Å². The van der Waals surface area contributed by atoms with Gasteiger partial charge >= 0.3 is 5.97 Å². The molecule has 0 aliphatic heterocycles. The second-order valence-corrected chi connectivity index (χ2v) is 1.75. The number of hydrogen-bond donors (Lipinski definition) is 1. The van der Waals surface area contributed by atoms with E-state index in [1.165, 1.54) is 7.11 Å². The van der Waals surface area contributed by atoms with Crippen LogP contribution in [0.3, 0.4) is 0 Å². The molecule has 0 radical (unpaired) electrons. The molecule has 62 valence electrons. The minimum atomic E-state index is -0.531. The molecule has 4 heteroatoms. The fourth-order valence-electron chi connectivity index (χ4n) is 0.445. The molecule has 0 heterocycles. The number of carbonyl (C=O) groups excluding carboxylic acids is 2. The van der Waals surface area contributed by atoms with Crippen LogP contribution in [0, 0.1) is 0 Å². The van der Waals surface area contributed by atoms with Crippen molar-refractivity contribution < 1.29 is 14.3 Å². The minimum Gasteiger partial charge on any atom is -0.466 e. The van der Waals surface area contributed by atoms with Crippen molar-refractivity contribution in [3.05, 3.63) is 12.2 Å². The van der Waals surface area contributed by atoms with E-state index in [9.17, 15) is 9.59 Å². The molecule has 0 aromatic carbocycles. The molecule has 0 spiro atoms. The minimum absolute atomic E-state index is 0.294. The van der Waals surface area contributed by atoms with E-state index in [1.807, 2.05) is 0 Å². The third-order valence-electron chi connectivity index (χ3n) is 0.923. The first-order valence-corrected chi connectivity index (χ1v) is 3.24. The van der Waals surface area contributed by atoms with Crippen LogP contribution < -0.4 is 5.32 Å². The summed E-state index contributed by atoms with van der Waals surface area (Å²) in [7, 11) is 1.25. The Kier molecular flexibility index (Phi) is 4.81. The van der Waals surface area contributed by atoms with Crippen molar-refractivity contribution in [2.45, 2.75) is 6.92 Å². The van der Waals surface area contributed by atoms with Crippen molar-refractivity contribution in [3.63, 3.8) is 0 Å². The second-order valence-electron chi connectivity index (χ2n) is 1.75. The van der Waals surface area contributed by atoms with Crippen LogP contribution in [0.25, 0.3) is 0 Å². The normalized spacial score (nSPS) is 9.64. The van der Waals surface area contributed by atoms with E-state index in [0.717, 1.165) is 12.2 Å². The summed E-state index contributed by atoms with van der Waals surface area (Å²) in [6, 6.07) is 0. The fraction of sp³-hybridized carbons (Fsp3) is 0.429. The molecular formula is C7H11NO3. The summed E-state index contributed by atoms with van der Waals surface area (Å²) in [5, 5.41) is 2.49. The summed E-state index contributed by atoms with van der Waals surface area (Å²) in [4.78, 5) is 21.1. The van der Waals surface area contributed by atoms with Gasteiger partial charge in [-0.3, -0.25) is 4.79 Å². The Hall–Kier alpha value is -1.32. The lowest BCUT2D eigenvalue weighted by atomic mass is 10.4. The zero-order valence-electron chi connectivity index (χ0n) is 6.59. The first-order chi connectivity index (χ1) is 5.20. The van der Waals surface area contributed by atoms with Gasteiger partial charge in [-0.15, -0.1) is 0 Å². The van der Waals surface area contributed by atoms with Gasteiger partial charge in [-0.05, 0) is 6.92 Å². The predicted octanol–water partition coefficient (Wildman–Crippen LogP) is -0.148. The summed E-state index contributed by atoms with van der Waals surface area (Å²) in [5.41, 5.74) is 0. The number of likely N-dealkylation sites (N-methyl/N-ethyl adjacent to an activating group) is 1. The Morgan fingerprint density at radius 2 is 2.09 bits per heavy atom. The van der Waals surface area contributed by atoms with E-state index in [2.05, 4.69) is 10.1 Å². The number of ether oxygens (including phenoxy) is 1. The topological polar surface area (TPSA) is 55.4 Å². The molecule has 0 aliphatic rings. The first-order valence-electron chi connectivity index (χ1n) is 3.24. The maximum absolute atomic E-state index is 10.7. The molecule has 0 bridgehead atoms. The zero-order chi connectivity index (χ0) is 8.69. The van der Waals surface area contributed by atoms with Crippen molar-refractivity contribution in [1.82, 2.24) is 5.32 Å². The van der Waals surface area contributed by atoms with Gasteiger partial charge in [0, 0.05) is 18.7 Å². The number of rotatable bonds is 3. The van der Waals surface area contributed by atoms with Gasteiger partial charge in [0.05, 0.1) is 7.11 Å². The highest BCUT2D eigenvalue weighted by Crippen LogP contribution is 1.77. The highest BCUT2D eigenvalue weighted by molar-refractivity contribution is 5.94. The average Bonchev–Trinajstić information content (AvgIpc) is 2.01. The fourth-order valence-corrected chi connectivity index (χ4v) is 0.445. The summed E-state index contributed by atoms with van der Waals surface area (Å²) in [6.45, 7) is 2.34. The zero-order valence-corrected chi connectivity index (χ0v) is 6.59. The molecule has 0 unspecified atom stereocenters. The summed E-state index contributed by atoms with van der Waals surface area (Å²) in [5.74, 6) is -0.825. The largest absolute Gasteiger partial charge is 0.466 e. The lowest BCUT2D eigenvalue weighted by molar-refractivity contribution is -0.135. The maximum atomic E-state index is 10.7. The van der Waals surface area contributed by atoms with Crippen LogP contribution in [0.5, 0.6) is 0 Å². The van der Waals surface area contributed by atoms with Gasteiger partial charge in [0.1, 0.15) is 0 Å². The highest BCUT2D eigenvalue weighted by Gasteiger charge is 1.94. The third kappa shape index (κ3) is 5.14. The molecule has 4 nitrogen and oxygen atoms in total. The Balaban J connectivity index is 3.73. The predicted molar refractivity (Wildman–Crippen MR) is 39.8 cm³/mol. The molecular weight excluding hydrogens is 146 g/mol. The van der Waals surface area contributed by atoms with Gasteiger partial charge in [0.15, 0.2) is 0 Å². The lowest BCUT2D eigenvalue weighted by Crippen LogP contribution is -2.20. The smallest absolute Gasteiger partial charge is 0.330 e. The molecule has 0 saturated heterocycles. The van der Waals surface area contributed by atoms with Crippen LogP contribution in [-0.2, 0) is 14.3 Å². The molecule has 11 heavy (non-hydrogen) atoms. The van der Waals surface area contributed by atoms with E-state index >= 15 is 0 Å². The molecule has 0 aromatic heterocycles. The number of amides is 1. The number of nitrogens with one attached hydrogen (secondary N) is 1. The second kappa shape index (κ2) is 5.46. The van der Waals surface area contributed by atoms with Crippen LogP contribution in [0.2, 0.25) is 0 Å². The van der Waals surface area contributed by atoms with Crippen LogP contribution >= 0.6 is 0 Å². The summed E-state index contributed by atoms with van der Waals surface area (Å²) < 4.78 is 4.27. The monoisotopic (exact) mass is 157 g/mol. The molecule has 1 N–H and O–H groups in total. The SMILES string of the molecule is CCNC(=O)/C=C/C(=O)OC. The Morgan fingerprint density at radius 1 is 1.45 bits per heavy atom. The van der Waals surface area contributed by atoms with Gasteiger partial charge in [-0.2, -0.15) is 0 Å². The third-order valence-corrected chi connectivity index (χ3v) is 0.923. The van der Waals surface area contributed by atoms with Gasteiger partial charge in [0.2, 0.25) is 5.91 Å². The molecule has 0 aliphatic carbocycles. The standard InChI is InChI=1S/C7H11NO3/c1-3-8-6(9)4-5-7(10)11-2/h4-5H,3H2,1-2H3,(H,8,9)/b5-4+. The van der Waals surface area contributed by atoms with Crippen LogP contribution in [0.15, 0.2) is 12.2 Å². The van der Waals surface area contributed by atoms with Crippen LogP contribution in [-0.4, -0.2) is 25.5 Å². The molecule has 1 amide bonds. The highest BCUT2D eigenvalue weighted by atomic mass is 16.5. The summed E-state index contributed by atoms with van der Waals surface area (Å²) >= 11 is 0. The summed E-state index contributed by atoms with van der Waals surface area (Å²) in [6.07, 6.45) is 2.21. The lowest BCUT2D eigenvalue weighted by Gasteiger charge is -1.93. The van der Waals surface area contributed by atoms with E-state index in [1.54, 1.807) is 6.92 Å². The Bertz CT molecular complexity index is 175. The van der Waals surface area contributed by atoms with Crippen molar-refractivity contribution in [1.29, 1.82) is 0 Å². The van der Waals surface area contributed by atoms with Crippen LogP contribution in [0.4, 0.5) is 0 Å². The van der Waals surface area contributed by atoms with E-state index < -0.39 is 5.97 Å². The van der Waals surface area contributed by atoms with E-state index in [0.29, 0.717) is 6.54 Å². The number of carbonyl (C=O) groups is 2. The van der Waals surface area contributed by atoms with Crippen molar-refractivity contribution in [2.75, 3.05) is 13.7 Å². The molecule has 0 atom stereocenters. The van der Waals surface area contributed by atoms with Gasteiger partial charge in [0.25, 0.3) is 0 Å². The quantitative estimate of drug-likeness (QED) is 0.458. The Labute approximate surface area is 65.2 Å². The number of esters is 1. The van der Waals surface area contributed by atoms with Crippen molar-refractivity contribution in [3.8, 4) is 0 Å². The average molecular weight is 157 g/mol. The first kappa shape index (κ1) is 9.68. The van der Waals surface area contributed by atoms with Crippen molar-refractivity contribution in [2.24, 2.45) is 0 Å². The molecule has 0 saturated carbocycles. The maximum Gasteiger partial charge on any atom is 0.330 e. The van der Waals surface area contributed by atoms with Gasteiger partial charge in [-0.25, -0.2) is 4.79 Å². The van der Waals surface area contributed by atoms with Crippen LogP contribution in [0.1, 0.15) is 6.92 Å². The number of hydrogen-bond acceptors (Lipinski definition) is 3. The number of methoxy groups -OCH3 is 1. The van der Waals surface area contributed by atoms with Gasteiger partial charge in [-0.1, -0.05) is 0 Å². The van der Waals surface area contributed by atoms with E-state index in [-0.39, 0.29) is 5.91 Å². The molecule has 0 fully saturated rings.